The quantitative estimate of drug-likeness (QED) is 0.814. The molecular weight excluding hydrogens is 276 g/mol. The summed E-state index contributed by atoms with van der Waals surface area (Å²) in [6.45, 7) is 12.4. The number of hydrogen-bond donors (Lipinski definition) is 1. The Morgan fingerprint density at radius 2 is 1.86 bits per heavy atom. The van der Waals surface area contributed by atoms with Gasteiger partial charge in [0.2, 0.25) is 0 Å². The van der Waals surface area contributed by atoms with Gasteiger partial charge in [-0.2, -0.15) is 0 Å². The lowest BCUT2D eigenvalue weighted by molar-refractivity contribution is 0.125. The predicted molar refractivity (Wildman–Crippen MR) is 91.2 cm³/mol. The molecule has 22 heavy (non-hydrogen) atoms. The Bertz CT molecular complexity index is 463. The van der Waals surface area contributed by atoms with E-state index in [9.17, 15) is 4.79 Å². The van der Waals surface area contributed by atoms with E-state index in [1.54, 1.807) is 11.9 Å². The van der Waals surface area contributed by atoms with Gasteiger partial charge in [0.05, 0.1) is 12.6 Å². The van der Waals surface area contributed by atoms with Gasteiger partial charge in [0, 0.05) is 20.2 Å². The third-order valence-electron chi connectivity index (χ3n) is 3.74. The number of nitrogens with zero attached hydrogens (tertiary/aromatic N) is 1. The maximum Gasteiger partial charge on any atom is 0.317 e. The molecule has 1 atom stereocenters. The molecule has 1 aromatic carbocycles. The van der Waals surface area contributed by atoms with Gasteiger partial charge in [-0.3, -0.25) is 0 Å². The summed E-state index contributed by atoms with van der Waals surface area (Å²) in [6, 6.07) is 8.36. The molecular formula is C18H30N2O2. The standard InChI is InChI=1S/C18H30N2O2/c1-7-22-13-12-20(6)17(21)19-14(2)15-8-10-16(11-9-15)18(3,4)5/h8-11,14H,7,12-13H2,1-6H3,(H,19,21)/t14-/m1/s1. The van der Waals surface area contributed by atoms with E-state index in [0.717, 1.165) is 5.56 Å². The van der Waals surface area contributed by atoms with Crippen molar-refractivity contribution in [2.24, 2.45) is 0 Å². The summed E-state index contributed by atoms with van der Waals surface area (Å²) in [5.74, 6) is 0. The van der Waals surface area contributed by atoms with Crippen LogP contribution in [0.1, 0.15) is 51.8 Å². The maximum absolute atomic E-state index is 12.1. The number of ether oxygens (including phenoxy) is 1. The molecule has 2 amide bonds. The minimum atomic E-state index is -0.0768. The highest BCUT2D eigenvalue weighted by atomic mass is 16.5. The summed E-state index contributed by atoms with van der Waals surface area (Å²) < 4.78 is 5.27. The number of carbonyl (C=O) groups is 1. The van der Waals surface area contributed by atoms with Crippen LogP contribution in [0.5, 0.6) is 0 Å². The Morgan fingerprint density at radius 1 is 1.27 bits per heavy atom. The molecule has 4 nitrogen and oxygen atoms in total. The minimum absolute atomic E-state index is 0.0175. The van der Waals surface area contributed by atoms with Crippen LogP contribution in [0.4, 0.5) is 4.79 Å². The van der Waals surface area contributed by atoms with Crippen molar-refractivity contribution in [3.05, 3.63) is 35.4 Å². The molecule has 1 rings (SSSR count). The van der Waals surface area contributed by atoms with Crippen LogP contribution in [0, 0.1) is 0 Å². The summed E-state index contributed by atoms with van der Waals surface area (Å²) in [5, 5.41) is 3.01. The summed E-state index contributed by atoms with van der Waals surface area (Å²) in [5.41, 5.74) is 2.55. The van der Waals surface area contributed by atoms with Gasteiger partial charge in [-0.25, -0.2) is 4.79 Å². The average molecular weight is 306 g/mol. The highest BCUT2D eigenvalue weighted by molar-refractivity contribution is 5.74. The highest BCUT2D eigenvalue weighted by Gasteiger charge is 2.16. The first-order chi connectivity index (χ1) is 10.3. The van der Waals surface area contributed by atoms with Crippen molar-refractivity contribution in [2.45, 2.75) is 46.1 Å². The van der Waals surface area contributed by atoms with Crippen molar-refractivity contribution in [1.82, 2.24) is 10.2 Å². The summed E-state index contributed by atoms with van der Waals surface area (Å²) >= 11 is 0. The summed E-state index contributed by atoms with van der Waals surface area (Å²) in [6.07, 6.45) is 0. The molecule has 0 saturated carbocycles. The topological polar surface area (TPSA) is 41.6 Å². The zero-order valence-electron chi connectivity index (χ0n) is 14.8. The molecule has 0 spiro atoms. The van der Waals surface area contributed by atoms with Crippen LogP contribution in [-0.4, -0.2) is 37.7 Å². The van der Waals surface area contributed by atoms with Gasteiger partial charge in [0.1, 0.15) is 0 Å². The molecule has 0 aromatic heterocycles. The van der Waals surface area contributed by atoms with Gasteiger partial charge in [-0.15, -0.1) is 0 Å². The fourth-order valence-corrected chi connectivity index (χ4v) is 2.10. The summed E-state index contributed by atoms with van der Waals surface area (Å²) in [4.78, 5) is 13.8. The highest BCUT2D eigenvalue weighted by Crippen LogP contribution is 2.23. The zero-order valence-corrected chi connectivity index (χ0v) is 14.8. The van der Waals surface area contributed by atoms with Gasteiger partial charge in [-0.1, -0.05) is 45.0 Å². The van der Waals surface area contributed by atoms with Crippen LogP contribution in [0.25, 0.3) is 0 Å². The smallest absolute Gasteiger partial charge is 0.317 e. The number of urea groups is 1. The molecule has 1 aromatic rings. The van der Waals surface area contributed by atoms with Crippen LogP contribution in [0.2, 0.25) is 0 Å². The number of hydrogen-bond acceptors (Lipinski definition) is 2. The molecule has 0 heterocycles. The van der Waals surface area contributed by atoms with Crippen molar-refractivity contribution < 1.29 is 9.53 Å². The van der Waals surface area contributed by atoms with Crippen LogP contribution in [-0.2, 0) is 10.2 Å². The second-order valence-electron chi connectivity index (χ2n) is 6.66. The molecule has 1 N–H and O–H groups in total. The molecule has 0 unspecified atom stereocenters. The van der Waals surface area contributed by atoms with Gasteiger partial charge < -0.3 is 15.0 Å². The number of amides is 2. The fourth-order valence-electron chi connectivity index (χ4n) is 2.10. The van der Waals surface area contributed by atoms with Gasteiger partial charge >= 0.3 is 6.03 Å². The van der Waals surface area contributed by atoms with Gasteiger partial charge in [-0.05, 0) is 30.4 Å². The Labute approximate surface area is 134 Å². The van der Waals surface area contributed by atoms with E-state index < -0.39 is 0 Å². The molecule has 0 bridgehead atoms. The molecule has 0 aliphatic heterocycles. The Balaban J connectivity index is 2.57. The van der Waals surface area contributed by atoms with Crippen molar-refractivity contribution in [3.8, 4) is 0 Å². The van der Waals surface area contributed by atoms with E-state index in [4.69, 9.17) is 4.74 Å². The number of likely N-dealkylation sites (N-methyl/N-ethyl adjacent to an activating group) is 1. The fraction of sp³-hybridized carbons (Fsp3) is 0.611. The lowest BCUT2D eigenvalue weighted by Gasteiger charge is -2.23. The maximum atomic E-state index is 12.1. The largest absolute Gasteiger partial charge is 0.380 e. The molecule has 4 heteroatoms. The zero-order chi connectivity index (χ0) is 16.8. The van der Waals surface area contributed by atoms with E-state index in [1.165, 1.54) is 5.56 Å². The predicted octanol–water partition coefficient (Wildman–Crippen LogP) is 3.72. The van der Waals surface area contributed by atoms with E-state index in [0.29, 0.717) is 19.8 Å². The lowest BCUT2D eigenvalue weighted by atomic mass is 9.86. The Morgan fingerprint density at radius 3 is 2.36 bits per heavy atom. The van der Waals surface area contributed by atoms with Crippen LogP contribution >= 0.6 is 0 Å². The van der Waals surface area contributed by atoms with E-state index >= 15 is 0 Å². The SMILES string of the molecule is CCOCCN(C)C(=O)N[C@H](C)c1ccc(C(C)(C)C)cc1. The van der Waals surface area contributed by atoms with E-state index in [-0.39, 0.29) is 17.5 Å². The first kappa shape index (κ1) is 18.5. The Hall–Kier alpha value is -1.55. The Kier molecular flexibility index (Phi) is 6.88. The number of benzene rings is 1. The second-order valence-corrected chi connectivity index (χ2v) is 6.66. The third-order valence-corrected chi connectivity index (χ3v) is 3.74. The number of rotatable bonds is 6. The molecule has 0 aliphatic rings. The second kappa shape index (κ2) is 8.18. The first-order valence-corrected chi connectivity index (χ1v) is 7.95. The molecule has 0 radical (unpaired) electrons. The van der Waals surface area contributed by atoms with Gasteiger partial charge in [0.25, 0.3) is 0 Å². The van der Waals surface area contributed by atoms with Crippen LogP contribution in [0.3, 0.4) is 0 Å². The van der Waals surface area contributed by atoms with Crippen molar-refractivity contribution in [3.63, 3.8) is 0 Å². The summed E-state index contributed by atoms with van der Waals surface area (Å²) in [7, 11) is 1.78. The van der Waals surface area contributed by atoms with Gasteiger partial charge in [0.15, 0.2) is 0 Å². The number of nitrogens with one attached hydrogen (secondary N) is 1. The molecule has 0 saturated heterocycles. The van der Waals surface area contributed by atoms with Crippen molar-refractivity contribution in [1.29, 1.82) is 0 Å². The van der Waals surface area contributed by atoms with E-state index in [1.807, 2.05) is 13.8 Å². The number of carbonyl (C=O) groups excluding carboxylic acids is 1. The molecule has 124 valence electrons. The van der Waals surface area contributed by atoms with Crippen molar-refractivity contribution >= 4 is 6.03 Å². The normalized spacial score (nSPS) is 12.8. The first-order valence-electron chi connectivity index (χ1n) is 7.95. The average Bonchev–Trinajstić information content (AvgIpc) is 2.46. The third kappa shape index (κ3) is 5.68. The van der Waals surface area contributed by atoms with Crippen LogP contribution in [0.15, 0.2) is 24.3 Å². The van der Waals surface area contributed by atoms with Crippen LogP contribution < -0.4 is 5.32 Å². The molecule has 0 fully saturated rings. The minimum Gasteiger partial charge on any atom is -0.380 e. The molecule has 0 aliphatic carbocycles. The van der Waals surface area contributed by atoms with E-state index in [2.05, 4.69) is 50.4 Å². The lowest BCUT2D eigenvalue weighted by Crippen LogP contribution is -2.40. The van der Waals surface area contributed by atoms with Crippen molar-refractivity contribution in [2.75, 3.05) is 26.8 Å². The monoisotopic (exact) mass is 306 g/mol.